The number of ether oxygens (including phenoxy) is 1. The molecule has 1 amide bonds. The van der Waals surface area contributed by atoms with E-state index in [2.05, 4.69) is 42.7 Å². The van der Waals surface area contributed by atoms with Gasteiger partial charge in [-0.05, 0) is 37.4 Å². The van der Waals surface area contributed by atoms with Gasteiger partial charge in [0.2, 0.25) is 5.91 Å². The number of aliphatic carboxylic acids is 1. The van der Waals surface area contributed by atoms with Crippen LogP contribution in [-0.2, 0) is 14.3 Å². The van der Waals surface area contributed by atoms with E-state index in [-0.39, 0.29) is 49.2 Å². The predicted molar refractivity (Wildman–Crippen MR) is 154 cm³/mol. The minimum Gasteiger partial charge on any atom is -0.547 e. The van der Waals surface area contributed by atoms with E-state index < -0.39 is 17.9 Å². The maximum Gasteiger partial charge on any atom is 1.00 e. The van der Waals surface area contributed by atoms with Crippen molar-refractivity contribution in [1.29, 1.82) is 0 Å². The molecular formula is C28H31ClFLiN8O4. The van der Waals surface area contributed by atoms with Gasteiger partial charge in [0.05, 0.1) is 30.5 Å². The quantitative estimate of drug-likeness (QED) is 0.279. The molecule has 1 unspecified atom stereocenters. The molecule has 2 N–H and O–H groups in total. The zero-order chi connectivity index (χ0) is 29.6. The molecule has 0 saturated carbocycles. The van der Waals surface area contributed by atoms with Crippen molar-refractivity contribution in [3.8, 4) is 11.3 Å². The van der Waals surface area contributed by atoms with Crippen molar-refractivity contribution < 1.29 is 42.7 Å². The van der Waals surface area contributed by atoms with Gasteiger partial charge in [-0.3, -0.25) is 4.79 Å². The molecule has 12 nitrogen and oxygen atoms in total. The number of morpholine rings is 1. The second kappa shape index (κ2) is 14.9. The monoisotopic (exact) mass is 604 g/mol. The standard InChI is InChI=1S/C28H32ClFN8O4.Li/c1-36-8-10-37(11-9-36)7-5-26(39)33-25-15-19(4-6-31-25)32-23-16-22(20-14-18(29)2-3-21(20)30)34-35-27(23)38-12-13-42-24(17-38)28(40)41;/h2-4,6,14-16,24H,5,7-13,17H2,1H3,(H,40,41)(H2,31,32,33,34,39);/q;+1/p-1. The molecule has 2 aliphatic heterocycles. The Labute approximate surface area is 265 Å². The minimum absolute atomic E-state index is 0. The van der Waals surface area contributed by atoms with Gasteiger partial charge < -0.3 is 40.0 Å². The largest absolute Gasteiger partial charge is 1.00 e. The molecule has 0 spiro atoms. The van der Waals surface area contributed by atoms with Gasteiger partial charge in [0.1, 0.15) is 17.7 Å². The van der Waals surface area contributed by atoms with Crippen LogP contribution in [-0.4, -0.2) is 102 Å². The van der Waals surface area contributed by atoms with Crippen molar-refractivity contribution in [3.05, 3.63) is 53.4 Å². The number of benzene rings is 1. The zero-order valence-corrected chi connectivity index (χ0v) is 24.8. The summed E-state index contributed by atoms with van der Waals surface area (Å²) in [6.07, 6.45) is 0.740. The number of anilines is 4. The van der Waals surface area contributed by atoms with E-state index in [1.807, 2.05) is 0 Å². The maximum atomic E-state index is 14.7. The molecule has 2 aromatic heterocycles. The molecule has 4 heterocycles. The molecule has 1 aromatic carbocycles. The number of halogens is 2. The van der Waals surface area contributed by atoms with Gasteiger partial charge in [0, 0.05) is 74.2 Å². The number of pyridine rings is 1. The van der Waals surface area contributed by atoms with Crippen LogP contribution < -0.4 is 39.5 Å². The fourth-order valence-electron chi connectivity index (χ4n) is 4.79. The number of amides is 1. The number of nitrogens with one attached hydrogen (secondary N) is 2. The molecule has 43 heavy (non-hydrogen) atoms. The molecule has 222 valence electrons. The smallest absolute Gasteiger partial charge is 0.547 e. The Morgan fingerprint density at radius 3 is 2.67 bits per heavy atom. The van der Waals surface area contributed by atoms with Crippen LogP contribution in [0.1, 0.15) is 6.42 Å². The average Bonchev–Trinajstić information content (AvgIpc) is 2.98. The molecule has 0 radical (unpaired) electrons. The Bertz CT molecular complexity index is 1450. The van der Waals surface area contributed by atoms with E-state index in [0.717, 1.165) is 26.2 Å². The summed E-state index contributed by atoms with van der Waals surface area (Å²) in [7, 11) is 2.09. The first-order valence-corrected chi connectivity index (χ1v) is 14.0. The molecular weight excluding hydrogens is 574 g/mol. The van der Waals surface area contributed by atoms with Crippen LogP contribution >= 0.6 is 11.6 Å². The third kappa shape index (κ3) is 8.63. The average molecular weight is 605 g/mol. The van der Waals surface area contributed by atoms with Crippen LogP contribution in [0.5, 0.6) is 0 Å². The normalized spacial score (nSPS) is 17.7. The summed E-state index contributed by atoms with van der Waals surface area (Å²) < 4.78 is 20.0. The number of hydrogen-bond donors (Lipinski definition) is 2. The van der Waals surface area contributed by atoms with Crippen molar-refractivity contribution in [2.75, 3.05) is 75.0 Å². The van der Waals surface area contributed by atoms with Crippen molar-refractivity contribution in [2.45, 2.75) is 12.5 Å². The Kier molecular flexibility index (Phi) is 11.3. The first kappa shape index (κ1) is 32.6. The van der Waals surface area contributed by atoms with E-state index in [4.69, 9.17) is 16.3 Å². The third-order valence-electron chi connectivity index (χ3n) is 7.17. The second-order valence-electron chi connectivity index (χ2n) is 10.2. The number of aromatic nitrogens is 3. The van der Waals surface area contributed by atoms with Crippen molar-refractivity contribution >= 4 is 46.5 Å². The SMILES string of the molecule is CN1CCN(CCC(=O)Nc2cc(Nc3cc(-c4cc(Cl)ccc4F)nnc3N3CCOC(C(=O)[O-])C3)ccn2)CC1.[Li+]. The van der Waals surface area contributed by atoms with Crippen molar-refractivity contribution in [3.63, 3.8) is 0 Å². The van der Waals surface area contributed by atoms with Crippen LogP contribution in [0, 0.1) is 5.82 Å². The molecule has 1 atom stereocenters. The molecule has 2 aliphatic rings. The number of nitrogens with zero attached hydrogens (tertiary/aromatic N) is 6. The van der Waals surface area contributed by atoms with Gasteiger partial charge in [-0.15, -0.1) is 10.2 Å². The van der Waals surface area contributed by atoms with E-state index >= 15 is 0 Å². The summed E-state index contributed by atoms with van der Waals surface area (Å²) in [4.78, 5) is 34.6. The number of carbonyl (C=O) groups excluding carboxylic acids is 2. The van der Waals surface area contributed by atoms with Gasteiger partial charge in [0.15, 0.2) is 5.82 Å². The Balaban J connectivity index is 0.00000423. The predicted octanol–water partition coefficient (Wildman–Crippen LogP) is -1.39. The molecule has 2 fully saturated rings. The third-order valence-corrected chi connectivity index (χ3v) is 7.40. The summed E-state index contributed by atoms with van der Waals surface area (Å²) in [6.45, 7) is 4.96. The summed E-state index contributed by atoms with van der Waals surface area (Å²) in [6, 6.07) is 9.11. The fourth-order valence-corrected chi connectivity index (χ4v) is 4.96. The number of carboxylic acids is 1. The van der Waals surface area contributed by atoms with Gasteiger partial charge in [-0.1, -0.05) is 11.6 Å². The number of carboxylic acid groups (broad SMARTS) is 1. The number of piperazine rings is 1. The summed E-state index contributed by atoms with van der Waals surface area (Å²) in [5, 5.41) is 26.4. The number of likely N-dealkylation sites (N-methyl/N-ethyl adjacent to an activating group) is 1. The van der Waals surface area contributed by atoms with Crippen LogP contribution in [0.4, 0.5) is 27.4 Å². The zero-order valence-electron chi connectivity index (χ0n) is 24.1. The fraction of sp³-hybridized carbons (Fsp3) is 0.393. The van der Waals surface area contributed by atoms with Crippen LogP contribution in [0.3, 0.4) is 0 Å². The number of carbonyl (C=O) groups is 2. The van der Waals surface area contributed by atoms with Gasteiger partial charge in [-0.25, -0.2) is 9.37 Å². The van der Waals surface area contributed by atoms with Gasteiger partial charge in [0.25, 0.3) is 0 Å². The Morgan fingerprint density at radius 1 is 1.12 bits per heavy atom. The Morgan fingerprint density at radius 2 is 1.91 bits per heavy atom. The summed E-state index contributed by atoms with van der Waals surface area (Å²) >= 11 is 6.11. The Hall–Kier alpha value is -3.31. The molecule has 5 rings (SSSR count). The topological polar surface area (TPSA) is 139 Å². The second-order valence-corrected chi connectivity index (χ2v) is 10.6. The van der Waals surface area contributed by atoms with Crippen molar-refractivity contribution in [2.24, 2.45) is 0 Å². The first-order chi connectivity index (χ1) is 20.2. The molecule has 2 saturated heterocycles. The van der Waals surface area contributed by atoms with E-state index in [1.54, 1.807) is 29.3 Å². The van der Waals surface area contributed by atoms with E-state index in [1.165, 1.54) is 18.2 Å². The number of rotatable bonds is 9. The summed E-state index contributed by atoms with van der Waals surface area (Å²) in [5.41, 5.74) is 1.37. The van der Waals surface area contributed by atoms with Crippen LogP contribution in [0.25, 0.3) is 11.3 Å². The molecule has 0 aliphatic carbocycles. The minimum atomic E-state index is -1.33. The van der Waals surface area contributed by atoms with Gasteiger partial charge >= 0.3 is 18.9 Å². The molecule has 0 bridgehead atoms. The van der Waals surface area contributed by atoms with Crippen LogP contribution in [0.2, 0.25) is 5.02 Å². The van der Waals surface area contributed by atoms with Crippen molar-refractivity contribution in [1.82, 2.24) is 25.0 Å². The van der Waals surface area contributed by atoms with E-state index in [0.29, 0.717) is 47.5 Å². The molecule has 3 aromatic rings. The van der Waals surface area contributed by atoms with Gasteiger partial charge in [-0.2, -0.15) is 0 Å². The summed E-state index contributed by atoms with van der Waals surface area (Å²) in [5.74, 6) is -1.31. The number of hydrogen-bond acceptors (Lipinski definition) is 11. The van der Waals surface area contributed by atoms with E-state index in [9.17, 15) is 19.1 Å². The maximum absolute atomic E-state index is 14.7. The molecule has 15 heteroatoms. The first-order valence-electron chi connectivity index (χ1n) is 13.6. The van der Waals surface area contributed by atoms with Crippen LogP contribution in [0.15, 0.2) is 42.6 Å².